The Balaban J connectivity index is 2.22. The number of nitrogen functional groups attached to an aromatic ring is 1. The summed E-state index contributed by atoms with van der Waals surface area (Å²) in [6.07, 6.45) is 1.43. The van der Waals surface area contributed by atoms with Crippen LogP contribution in [0.2, 0.25) is 0 Å². The van der Waals surface area contributed by atoms with Crippen LogP contribution in [-0.4, -0.2) is 16.8 Å². The third kappa shape index (κ3) is 3.69. The number of anilines is 4. The molecule has 21 heavy (non-hydrogen) atoms. The molecule has 1 aromatic carbocycles. The molecule has 1 heterocycles. The van der Waals surface area contributed by atoms with E-state index >= 15 is 0 Å². The second kappa shape index (κ2) is 5.91. The predicted molar refractivity (Wildman–Crippen MR) is 81.2 cm³/mol. The molecule has 0 saturated heterocycles. The molecule has 1 aromatic heterocycles. The molecule has 0 aliphatic heterocycles. The van der Waals surface area contributed by atoms with E-state index in [-0.39, 0.29) is 11.5 Å². The van der Waals surface area contributed by atoms with Crippen LogP contribution in [0, 0.1) is 0 Å². The Bertz CT molecular complexity index is 682. The van der Waals surface area contributed by atoms with Crippen molar-refractivity contribution in [3.8, 4) is 0 Å². The Morgan fingerprint density at radius 2 is 1.76 bits per heavy atom. The molecule has 0 atom stereocenters. The average Bonchev–Trinajstić information content (AvgIpc) is 2.42. The van der Waals surface area contributed by atoms with Gasteiger partial charge in [0.2, 0.25) is 5.91 Å². The van der Waals surface area contributed by atoms with Crippen LogP contribution in [0.3, 0.4) is 0 Å². The molecule has 0 spiro atoms. The second-order valence-electron chi connectivity index (χ2n) is 4.41. The summed E-state index contributed by atoms with van der Waals surface area (Å²) in [5, 5.41) is 5.64. The molecule has 108 valence electrons. The maximum Gasteiger partial charge on any atom is 0.252 e. The van der Waals surface area contributed by atoms with Gasteiger partial charge in [-0.05, 0) is 30.3 Å². The van der Waals surface area contributed by atoms with Crippen LogP contribution in [-0.2, 0) is 4.79 Å². The summed E-state index contributed by atoms with van der Waals surface area (Å²) >= 11 is 0. The van der Waals surface area contributed by atoms with Crippen LogP contribution in [0.1, 0.15) is 17.3 Å². The lowest BCUT2D eigenvalue weighted by Gasteiger charge is -2.10. The van der Waals surface area contributed by atoms with Crippen molar-refractivity contribution >= 4 is 34.7 Å². The van der Waals surface area contributed by atoms with Gasteiger partial charge in [-0.3, -0.25) is 9.59 Å². The smallest absolute Gasteiger partial charge is 0.252 e. The number of nitrogens with two attached hydrogens (primary N) is 2. The lowest BCUT2D eigenvalue weighted by Crippen LogP contribution is -2.14. The Labute approximate surface area is 121 Å². The van der Waals surface area contributed by atoms with Crippen molar-refractivity contribution in [2.75, 3.05) is 16.4 Å². The first kappa shape index (κ1) is 14.3. The lowest BCUT2D eigenvalue weighted by molar-refractivity contribution is -0.114. The van der Waals surface area contributed by atoms with E-state index < -0.39 is 5.91 Å². The number of amides is 2. The fraction of sp³-hybridized carbons (Fsp3) is 0.0714. The standard InChI is InChI=1S/C14H15N5O2/c1-8(20)18-10-2-4-11(5-3-10)19-14-12(13(16)21)6-9(15)7-17-14/h2-7H,15H2,1H3,(H2,16,21)(H,17,19)(H,18,20). The van der Waals surface area contributed by atoms with E-state index in [1.807, 2.05) is 0 Å². The van der Waals surface area contributed by atoms with Crippen LogP contribution in [0.5, 0.6) is 0 Å². The van der Waals surface area contributed by atoms with Crippen molar-refractivity contribution in [1.29, 1.82) is 0 Å². The van der Waals surface area contributed by atoms with E-state index in [9.17, 15) is 9.59 Å². The number of hydrogen-bond acceptors (Lipinski definition) is 5. The molecule has 6 N–H and O–H groups in total. The number of carbonyl (C=O) groups excluding carboxylic acids is 2. The summed E-state index contributed by atoms with van der Waals surface area (Å²) in [5.41, 5.74) is 12.8. The van der Waals surface area contributed by atoms with Gasteiger partial charge in [0, 0.05) is 18.3 Å². The van der Waals surface area contributed by atoms with Crippen molar-refractivity contribution in [1.82, 2.24) is 4.98 Å². The number of pyridine rings is 1. The lowest BCUT2D eigenvalue weighted by atomic mass is 10.2. The van der Waals surface area contributed by atoms with Gasteiger partial charge < -0.3 is 22.1 Å². The molecule has 7 heteroatoms. The largest absolute Gasteiger partial charge is 0.397 e. The van der Waals surface area contributed by atoms with Crippen molar-refractivity contribution in [3.63, 3.8) is 0 Å². The summed E-state index contributed by atoms with van der Waals surface area (Å²) in [6, 6.07) is 8.40. The first-order valence-electron chi connectivity index (χ1n) is 6.15. The Morgan fingerprint density at radius 1 is 1.14 bits per heavy atom. The van der Waals surface area contributed by atoms with Crippen molar-refractivity contribution in [2.24, 2.45) is 5.73 Å². The zero-order chi connectivity index (χ0) is 15.4. The van der Waals surface area contributed by atoms with Gasteiger partial charge in [0.1, 0.15) is 5.82 Å². The maximum absolute atomic E-state index is 11.4. The van der Waals surface area contributed by atoms with Crippen LogP contribution >= 0.6 is 0 Å². The minimum absolute atomic E-state index is 0.146. The number of primary amides is 1. The van der Waals surface area contributed by atoms with Crippen LogP contribution in [0.25, 0.3) is 0 Å². The number of nitrogens with zero attached hydrogens (tertiary/aromatic N) is 1. The summed E-state index contributed by atoms with van der Waals surface area (Å²) in [6.45, 7) is 1.43. The topological polar surface area (TPSA) is 123 Å². The molecular formula is C14H15N5O2. The Hall–Kier alpha value is -3.09. The van der Waals surface area contributed by atoms with Gasteiger partial charge in [0.05, 0.1) is 17.4 Å². The maximum atomic E-state index is 11.4. The highest BCUT2D eigenvalue weighted by Gasteiger charge is 2.10. The number of hydrogen-bond donors (Lipinski definition) is 4. The molecule has 0 unspecified atom stereocenters. The summed E-state index contributed by atoms with van der Waals surface area (Å²) < 4.78 is 0. The van der Waals surface area contributed by atoms with E-state index in [0.717, 1.165) is 0 Å². The fourth-order valence-electron chi connectivity index (χ4n) is 1.75. The fourth-order valence-corrected chi connectivity index (χ4v) is 1.75. The molecule has 7 nitrogen and oxygen atoms in total. The molecule has 2 aromatic rings. The quantitative estimate of drug-likeness (QED) is 0.677. The molecule has 0 radical (unpaired) electrons. The number of aromatic nitrogens is 1. The van der Waals surface area contributed by atoms with Gasteiger partial charge in [-0.15, -0.1) is 0 Å². The predicted octanol–water partition coefficient (Wildman–Crippen LogP) is 1.46. The van der Waals surface area contributed by atoms with E-state index in [4.69, 9.17) is 11.5 Å². The molecule has 0 aliphatic carbocycles. The monoisotopic (exact) mass is 285 g/mol. The number of nitrogens with one attached hydrogen (secondary N) is 2. The van der Waals surface area contributed by atoms with E-state index in [1.54, 1.807) is 24.3 Å². The SMILES string of the molecule is CC(=O)Nc1ccc(Nc2ncc(N)cc2C(N)=O)cc1. The Kier molecular flexibility index (Phi) is 4.03. The van der Waals surface area contributed by atoms with Gasteiger partial charge in [-0.2, -0.15) is 0 Å². The van der Waals surface area contributed by atoms with Crippen LogP contribution < -0.4 is 22.1 Å². The number of rotatable bonds is 4. The van der Waals surface area contributed by atoms with Crippen molar-refractivity contribution in [2.45, 2.75) is 6.92 Å². The third-order valence-electron chi connectivity index (χ3n) is 2.64. The van der Waals surface area contributed by atoms with Crippen molar-refractivity contribution in [3.05, 3.63) is 42.1 Å². The second-order valence-corrected chi connectivity index (χ2v) is 4.41. The Morgan fingerprint density at radius 3 is 2.33 bits per heavy atom. The first-order chi connectivity index (χ1) is 9.95. The van der Waals surface area contributed by atoms with E-state index in [2.05, 4.69) is 15.6 Å². The number of benzene rings is 1. The van der Waals surface area contributed by atoms with Gasteiger partial charge >= 0.3 is 0 Å². The van der Waals surface area contributed by atoms with Gasteiger partial charge in [0.15, 0.2) is 0 Å². The minimum atomic E-state index is -0.618. The first-order valence-corrected chi connectivity index (χ1v) is 6.15. The third-order valence-corrected chi connectivity index (χ3v) is 2.64. The average molecular weight is 285 g/mol. The van der Waals surface area contributed by atoms with Crippen molar-refractivity contribution < 1.29 is 9.59 Å². The molecule has 2 amide bonds. The van der Waals surface area contributed by atoms with E-state index in [1.165, 1.54) is 19.2 Å². The molecule has 0 aliphatic rings. The molecule has 0 fully saturated rings. The highest BCUT2D eigenvalue weighted by Crippen LogP contribution is 2.21. The highest BCUT2D eigenvalue weighted by molar-refractivity contribution is 5.99. The normalized spacial score (nSPS) is 9.95. The number of carbonyl (C=O) groups is 2. The molecule has 0 saturated carbocycles. The summed E-state index contributed by atoms with van der Waals surface area (Å²) in [5.74, 6) is -0.442. The molecular weight excluding hydrogens is 270 g/mol. The van der Waals surface area contributed by atoms with Gasteiger partial charge in [-0.25, -0.2) is 4.98 Å². The highest BCUT2D eigenvalue weighted by atomic mass is 16.1. The zero-order valence-electron chi connectivity index (χ0n) is 11.4. The van der Waals surface area contributed by atoms with Gasteiger partial charge in [0.25, 0.3) is 5.91 Å². The van der Waals surface area contributed by atoms with E-state index in [0.29, 0.717) is 22.9 Å². The van der Waals surface area contributed by atoms with Crippen LogP contribution in [0.4, 0.5) is 22.9 Å². The van der Waals surface area contributed by atoms with Gasteiger partial charge in [-0.1, -0.05) is 0 Å². The summed E-state index contributed by atoms with van der Waals surface area (Å²) in [4.78, 5) is 26.4. The van der Waals surface area contributed by atoms with Crippen LogP contribution in [0.15, 0.2) is 36.5 Å². The molecule has 2 rings (SSSR count). The zero-order valence-corrected chi connectivity index (χ0v) is 11.4. The molecule has 0 bridgehead atoms. The minimum Gasteiger partial charge on any atom is -0.397 e. The summed E-state index contributed by atoms with van der Waals surface area (Å²) in [7, 11) is 0.